The summed E-state index contributed by atoms with van der Waals surface area (Å²) in [5.74, 6) is -0.979. The standard InChI is InChI=1S/C18H21BrN4O5S/c1-2-9-28-18(25)15-11-5-3-4-6-13(11)29-17(15)20-14(24)7-8-22-10-12(19)16(21-22)23(26)27/h10H,2-9H2,1H3,(H,20,24). The lowest BCUT2D eigenvalue weighted by atomic mass is 9.95. The number of hydrogen-bond donors (Lipinski definition) is 1. The van der Waals surface area contributed by atoms with Crippen LogP contribution >= 0.6 is 27.3 Å². The minimum absolute atomic E-state index is 0.0668. The van der Waals surface area contributed by atoms with E-state index in [0.717, 1.165) is 42.5 Å². The monoisotopic (exact) mass is 484 g/mol. The maximum absolute atomic E-state index is 12.6. The molecule has 2 aromatic rings. The molecule has 2 heterocycles. The van der Waals surface area contributed by atoms with Crippen molar-refractivity contribution < 1.29 is 19.2 Å². The Morgan fingerprint density at radius 1 is 1.41 bits per heavy atom. The number of aryl methyl sites for hydroxylation is 2. The van der Waals surface area contributed by atoms with Gasteiger partial charge in [-0.3, -0.25) is 4.79 Å². The second kappa shape index (κ2) is 9.49. The zero-order chi connectivity index (χ0) is 21.0. The van der Waals surface area contributed by atoms with Crippen molar-refractivity contribution in [2.45, 2.75) is 52.0 Å². The Labute approximate surface area is 179 Å². The minimum Gasteiger partial charge on any atom is -0.462 e. The van der Waals surface area contributed by atoms with E-state index in [0.29, 0.717) is 17.2 Å². The van der Waals surface area contributed by atoms with Crippen LogP contribution in [0, 0.1) is 10.1 Å². The fourth-order valence-corrected chi connectivity index (χ4v) is 4.92. The van der Waals surface area contributed by atoms with E-state index in [1.165, 1.54) is 22.2 Å². The van der Waals surface area contributed by atoms with Gasteiger partial charge in [0.15, 0.2) is 0 Å². The molecule has 1 aliphatic carbocycles. The SMILES string of the molecule is CCCOC(=O)c1c(NC(=O)CCn2cc(Br)c([N+](=O)[O-])n2)sc2c1CCCC2. The summed E-state index contributed by atoms with van der Waals surface area (Å²) in [6.45, 7) is 2.44. The average Bonchev–Trinajstić information content (AvgIpc) is 3.24. The molecule has 0 radical (unpaired) electrons. The molecule has 0 unspecified atom stereocenters. The number of nitrogens with zero attached hydrogens (tertiary/aromatic N) is 3. The Bertz CT molecular complexity index is 939. The first-order chi connectivity index (χ1) is 13.9. The second-order valence-electron chi connectivity index (χ2n) is 6.67. The van der Waals surface area contributed by atoms with E-state index in [1.807, 2.05) is 6.92 Å². The van der Waals surface area contributed by atoms with Crippen LogP contribution in [0.15, 0.2) is 10.7 Å². The molecule has 1 aliphatic rings. The number of anilines is 1. The van der Waals surface area contributed by atoms with Crippen LogP contribution in [0.3, 0.4) is 0 Å². The van der Waals surface area contributed by atoms with Crippen molar-refractivity contribution in [3.8, 4) is 0 Å². The fraction of sp³-hybridized carbons (Fsp3) is 0.500. The molecular formula is C18H21BrN4O5S. The quantitative estimate of drug-likeness (QED) is 0.342. The number of nitrogens with one attached hydrogen (secondary N) is 1. The number of fused-ring (bicyclic) bond motifs is 1. The number of halogens is 1. The van der Waals surface area contributed by atoms with Crippen LogP contribution in [0.5, 0.6) is 0 Å². The molecule has 3 rings (SSSR count). The van der Waals surface area contributed by atoms with Crippen LogP contribution in [0.2, 0.25) is 0 Å². The molecule has 0 spiro atoms. The number of carbonyl (C=O) groups is 2. The minimum atomic E-state index is -0.592. The smallest absolute Gasteiger partial charge is 0.404 e. The molecule has 1 amide bonds. The normalized spacial score (nSPS) is 13.0. The van der Waals surface area contributed by atoms with E-state index >= 15 is 0 Å². The first-order valence-electron chi connectivity index (χ1n) is 9.39. The topological polar surface area (TPSA) is 116 Å². The van der Waals surface area contributed by atoms with Crippen molar-refractivity contribution >= 4 is 50.0 Å². The van der Waals surface area contributed by atoms with Gasteiger partial charge in [-0.25, -0.2) is 4.79 Å². The first kappa shape index (κ1) is 21.4. The van der Waals surface area contributed by atoms with Crippen molar-refractivity contribution in [1.29, 1.82) is 0 Å². The Balaban J connectivity index is 1.71. The lowest BCUT2D eigenvalue weighted by Gasteiger charge is -2.12. The summed E-state index contributed by atoms with van der Waals surface area (Å²) in [5, 5.41) is 18.1. The lowest BCUT2D eigenvalue weighted by Crippen LogP contribution is -2.17. The zero-order valence-electron chi connectivity index (χ0n) is 15.9. The highest BCUT2D eigenvalue weighted by molar-refractivity contribution is 9.10. The van der Waals surface area contributed by atoms with E-state index in [4.69, 9.17) is 4.74 Å². The number of thiophene rings is 1. The summed E-state index contributed by atoms with van der Waals surface area (Å²) in [6, 6.07) is 0. The molecule has 2 aromatic heterocycles. The highest BCUT2D eigenvalue weighted by Gasteiger charge is 2.27. The summed E-state index contributed by atoms with van der Waals surface area (Å²) in [4.78, 5) is 36.4. The summed E-state index contributed by atoms with van der Waals surface area (Å²) in [7, 11) is 0. The molecule has 0 bridgehead atoms. The van der Waals surface area contributed by atoms with Crippen molar-refractivity contribution in [2.24, 2.45) is 0 Å². The molecule has 0 aliphatic heterocycles. The van der Waals surface area contributed by atoms with Crippen molar-refractivity contribution in [3.63, 3.8) is 0 Å². The number of carbonyl (C=O) groups excluding carboxylic acids is 2. The van der Waals surface area contributed by atoms with Crippen molar-refractivity contribution in [2.75, 3.05) is 11.9 Å². The van der Waals surface area contributed by atoms with Gasteiger partial charge in [-0.05, 0) is 58.5 Å². The summed E-state index contributed by atoms with van der Waals surface area (Å²) >= 11 is 4.51. The molecule has 1 N–H and O–H groups in total. The molecular weight excluding hydrogens is 464 g/mol. The van der Waals surface area contributed by atoms with Gasteiger partial charge in [0.2, 0.25) is 5.91 Å². The van der Waals surface area contributed by atoms with Gasteiger partial charge in [0.1, 0.15) is 9.47 Å². The largest absolute Gasteiger partial charge is 0.462 e. The molecule has 156 valence electrons. The Morgan fingerprint density at radius 2 is 2.17 bits per heavy atom. The zero-order valence-corrected chi connectivity index (χ0v) is 18.3. The van der Waals surface area contributed by atoms with Crippen LogP contribution in [-0.2, 0) is 28.9 Å². The Kier molecular flexibility index (Phi) is 7.01. The highest BCUT2D eigenvalue weighted by Crippen LogP contribution is 2.38. The highest BCUT2D eigenvalue weighted by atomic mass is 79.9. The molecule has 0 atom stereocenters. The van der Waals surface area contributed by atoms with Crippen LogP contribution in [0.1, 0.15) is 53.4 Å². The number of esters is 1. The Hall–Kier alpha value is -2.27. The third-order valence-electron chi connectivity index (χ3n) is 4.51. The number of amides is 1. The predicted molar refractivity (Wildman–Crippen MR) is 111 cm³/mol. The van der Waals surface area contributed by atoms with Gasteiger partial charge < -0.3 is 20.2 Å². The van der Waals surface area contributed by atoms with Gasteiger partial charge in [0.25, 0.3) is 0 Å². The fourth-order valence-electron chi connectivity index (χ4n) is 3.17. The summed E-state index contributed by atoms with van der Waals surface area (Å²) in [5.41, 5.74) is 1.47. The Morgan fingerprint density at radius 3 is 2.86 bits per heavy atom. The third kappa shape index (κ3) is 5.02. The van der Waals surface area contributed by atoms with Gasteiger partial charge in [0.05, 0.1) is 30.0 Å². The van der Waals surface area contributed by atoms with E-state index in [2.05, 4.69) is 26.3 Å². The van der Waals surface area contributed by atoms with Gasteiger partial charge >= 0.3 is 11.8 Å². The number of nitro groups is 1. The van der Waals surface area contributed by atoms with E-state index in [1.54, 1.807) is 0 Å². The molecule has 29 heavy (non-hydrogen) atoms. The lowest BCUT2D eigenvalue weighted by molar-refractivity contribution is -0.390. The number of rotatable bonds is 8. The molecule has 0 fully saturated rings. The van der Waals surface area contributed by atoms with Crippen LogP contribution < -0.4 is 5.32 Å². The summed E-state index contributed by atoms with van der Waals surface area (Å²) in [6.07, 6.45) is 6.04. The number of hydrogen-bond acceptors (Lipinski definition) is 7. The molecule has 9 nitrogen and oxygen atoms in total. The van der Waals surface area contributed by atoms with Crippen LogP contribution in [0.4, 0.5) is 10.8 Å². The molecule has 0 aromatic carbocycles. The van der Waals surface area contributed by atoms with Gasteiger partial charge in [-0.1, -0.05) is 6.92 Å². The van der Waals surface area contributed by atoms with Gasteiger partial charge in [0, 0.05) is 11.3 Å². The first-order valence-corrected chi connectivity index (χ1v) is 11.0. The van der Waals surface area contributed by atoms with Crippen molar-refractivity contribution in [1.82, 2.24) is 9.78 Å². The summed E-state index contributed by atoms with van der Waals surface area (Å²) < 4.78 is 6.93. The van der Waals surface area contributed by atoms with E-state index in [9.17, 15) is 19.7 Å². The predicted octanol–water partition coefficient (Wildman–Crippen LogP) is 4.09. The number of ether oxygens (including phenoxy) is 1. The van der Waals surface area contributed by atoms with Gasteiger partial charge in [-0.15, -0.1) is 11.3 Å². The molecule has 0 saturated carbocycles. The third-order valence-corrected chi connectivity index (χ3v) is 6.27. The van der Waals surface area contributed by atoms with Crippen LogP contribution in [-0.4, -0.2) is 33.2 Å². The maximum atomic E-state index is 12.6. The van der Waals surface area contributed by atoms with E-state index < -0.39 is 10.9 Å². The average molecular weight is 485 g/mol. The number of aromatic nitrogens is 2. The van der Waals surface area contributed by atoms with Crippen LogP contribution in [0.25, 0.3) is 0 Å². The van der Waals surface area contributed by atoms with Gasteiger partial charge in [-0.2, -0.15) is 4.68 Å². The molecule has 11 heteroatoms. The second-order valence-corrected chi connectivity index (χ2v) is 8.63. The van der Waals surface area contributed by atoms with E-state index in [-0.39, 0.29) is 29.2 Å². The maximum Gasteiger partial charge on any atom is 0.404 e. The van der Waals surface area contributed by atoms with Crippen molar-refractivity contribution in [3.05, 3.63) is 36.8 Å². The molecule has 0 saturated heterocycles.